The van der Waals surface area contributed by atoms with Crippen molar-refractivity contribution in [2.45, 2.75) is 107 Å². The van der Waals surface area contributed by atoms with E-state index in [4.69, 9.17) is 21.1 Å². The Morgan fingerprint density at radius 3 is 2.62 bits per heavy atom. The zero-order valence-corrected chi connectivity index (χ0v) is 33.6. The number of ether oxygens (including phenoxy) is 2. The van der Waals surface area contributed by atoms with Crippen molar-refractivity contribution in [2.24, 2.45) is 17.8 Å². The summed E-state index contributed by atoms with van der Waals surface area (Å²) in [6, 6.07) is 13.3. The van der Waals surface area contributed by atoms with E-state index < -0.39 is 26.8 Å². The van der Waals surface area contributed by atoms with Crippen molar-refractivity contribution in [3.05, 3.63) is 70.3 Å². The number of sulfonamides is 1. The number of hydrogen-bond acceptors (Lipinski definition) is 8. The van der Waals surface area contributed by atoms with Gasteiger partial charge in [-0.1, -0.05) is 36.7 Å². The number of hydrogen-bond donors (Lipinski definition) is 1. The predicted octanol–water partition coefficient (Wildman–Crippen LogP) is 6.44. The largest absolute Gasteiger partial charge is 0.490 e. The maximum Gasteiger partial charge on any atom is 0.264 e. The van der Waals surface area contributed by atoms with Crippen molar-refractivity contribution in [3.8, 4) is 5.75 Å². The quantitative estimate of drug-likeness (QED) is 0.357. The van der Waals surface area contributed by atoms with Crippen LogP contribution in [0.4, 0.5) is 5.69 Å². The Hall–Kier alpha value is -2.63. The summed E-state index contributed by atoms with van der Waals surface area (Å²) < 4.78 is 43.2. The number of amides is 1. The van der Waals surface area contributed by atoms with Crippen molar-refractivity contribution in [1.82, 2.24) is 14.5 Å². The van der Waals surface area contributed by atoms with Crippen LogP contribution in [0.3, 0.4) is 0 Å². The number of nitrogens with zero attached hydrogens (tertiary/aromatic N) is 3. The molecule has 2 saturated heterocycles. The molecule has 2 aliphatic carbocycles. The van der Waals surface area contributed by atoms with Gasteiger partial charge in [0.2, 0.25) is 10.0 Å². The van der Waals surface area contributed by atoms with Crippen LogP contribution in [0.2, 0.25) is 5.02 Å². The zero-order valence-electron chi connectivity index (χ0n) is 32.0. The maximum absolute atomic E-state index is 13.7. The summed E-state index contributed by atoms with van der Waals surface area (Å²) in [5.74, 6) is 0.536. The van der Waals surface area contributed by atoms with Crippen molar-refractivity contribution >= 4 is 33.2 Å². The minimum Gasteiger partial charge on any atom is -0.490 e. The fourth-order valence-electron chi connectivity index (χ4n) is 10.7. The minimum atomic E-state index is -3.95. The average Bonchev–Trinajstić information content (AvgIpc) is 3.67. The molecule has 2 aromatic rings. The molecule has 1 saturated carbocycles. The number of fused-ring (bicyclic) bond motifs is 6. The first-order valence-electron chi connectivity index (χ1n) is 19.9. The number of allylic oxidation sites excluding steroid dienone is 1. The second-order valence-corrected chi connectivity index (χ2v) is 19.9. The fraction of sp³-hybridized carbons (Fsp3) is 0.643. The molecule has 0 aromatic heterocycles. The van der Waals surface area contributed by atoms with Gasteiger partial charge in [-0.25, -0.2) is 13.1 Å². The molecule has 53 heavy (non-hydrogen) atoms. The standard InChI is InChI=1S/C42H57ClN4O5S/c1-27(2)47-23-34-20-35(47)22-45(34)25-42(51-5)17-6-8-28(3)29(4)53(49,50)44-40(48)31-11-15-39-38(19-31)46(21-32-10-13-37(32)42)24-41(26-52-39)16-7-9-30-18-33(43)12-14-36(30)41/h6,11-12,14-15,17-19,27-29,32,34-35,37H,7-10,13,16,20-26H2,1-5H3,(H,44,48)/b17-6+/t28-,29+,32-,34-,35+,37+,41-,42-/m0/s1. The van der Waals surface area contributed by atoms with Gasteiger partial charge < -0.3 is 14.4 Å². The molecule has 0 unspecified atom stereocenters. The van der Waals surface area contributed by atoms with Crippen LogP contribution in [-0.2, 0) is 26.6 Å². The molecule has 4 heterocycles. The first kappa shape index (κ1) is 37.3. The summed E-state index contributed by atoms with van der Waals surface area (Å²) in [4.78, 5) is 21.5. The van der Waals surface area contributed by atoms with Gasteiger partial charge in [0.25, 0.3) is 5.91 Å². The summed E-state index contributed by atoms with van der Waals surface area (Å²) in [7, 11) is -2.08. The average molecular weight is 765 g/mol. The molecule has 6 aliphatic rings. The van der Waals surface area contributed by atoms with Crippen molar-refractivity contribution in [2.75, 3.05) is 51.3 Å². The summed E-state index contributed by atoms with van der Waals surface area (Å²) in [6.45, 7) is 13.3. The molecule has 0 radical (unpaired) electrons. The van der Waals surface area contributed by atoms with E-state index in [2.05, 4.69) is 57.6 Å². The van der Waals surface area contributed by atoms with Crippen molar-refractivity contribution in [3.63, 3.8) is 0 Å². The highest BCUT2D eigenvalue weighted by Crippen LogP contribution is 2.50. The third-order valence-electron chi connectivity index (χ3n) is 14.1. The predicted molar refractivity (Wildman–Crippen MR) is 211 cm³/mol. The Morgan fingerprint density at radius 2 is 1.91 bits per heavy atom. The van der Waals surface area contributed by atoms with Gasteiger partial charge in [0, 0.05) is 74.0 Å². The van der Waals surface area contributed by atoms with E-state index in [9.17, 15) is 13.2 Å². The molecule has 1 amide bonds. The highest BCUT2D eigenvalue weighted by atomic mass is 35.5. The number of piperazine rings is 1. The van der Waals surface area contributed by atoms with E-state index in [0.29, 0.717) is 42.6 Å². The molecule has 1 N–H and O–H groups in total. The highest BCUT2D eigenvalue weighted by molar-refractivity contribution is 7.90. The number of likely N-dealkylation sites (tertiary alicyclic amines) is 2. The fourth-order valence-corrected chi connectivity index (χ4v) is 12.2. The molecule has 288 valence electrons. The number of aryl methyl sites for hydroxylation is 1. The molecule has 11 heteroatoms. The zero-order chi connectivity index (χ0) is 37.3. The second-order valence-electron chi connectivity index (χ2n) is 17.5. The van der Waals surface area contributed by atoms with Crippen LogP contribution < -0.4 is 14.4 Å². The van der Waals surface area contributed by atoms with Crippen LogP contribution in [-0.4, -0.2) is 99.5 Å². The van der Waals surface area contributed by atoms with Crippen LogP contribution in [0.25, 0.3) is 0 Å². The number of rotatable bonds is 4. The third-order valence-corrected chi connectivity index (χ3v) is 16.3. The van der Waals surface area contributed by atoms with Gasteiger partial charge in [0.15, 0.2) is 0 Å². The Kier molecular flexibility index (Phi) is 9.95. The lowest BCUT2D eigenvalue weighted by Crippen LogP contribution is -2.59. The van der Waals surface area contributed by atoms with E-state index >= 15 is 0 Å². The molecule has 4 aliphatic heterocycles. The summed E-state index contributed by atoms with van der Waals surface area (Å²) in [5.41, 5.74) is 2.96. The van der Waals surface area contributed by atoms with Crippen LogP contribution in [0, 0.1) is 17.8 Å². The van der Waals surface area contributed by atoms with Crippen LogP contribution in [0.5, 0.6) is 5.75 Å². The normalized spacial score (nSPS) is 36.3. The topological polar surface area (TPSA) is 91.4 Å². The van der Waals surface area contributed by atoms with Gasteiger partial charge >= 0.3 is 0 Å². The van der Waals surface area contributed by atoms with E-state index in [1.165, 1.54) is 17.5 Å². The minimum absolute atomic E-state index is 0.209. The molecule has 8 rings (SSSR count). The lowest BCUT2D eigenvalue weighted by atomic mass is 9.63. The summed E-state index contributed by atoms with van der Waals surface area (Å²) >= 11 is 6.51. The maximum atomic E-state index is 13.7. The van der Waals surface area contributed by atoms with Gasteiger partial charge in [0.1, 0.15) is 11.4 Å². The lowest BCUT2D eigenvalue weighted by molar-refractivity contribution is -0.0972. The smallest absolute Gasteiger partial charge is 0.264 e. The van der Waals surface area contributed by atoms with Gasteiger partial charge in [-0.3, -0.25) is 14.6 Å². The molecule has 1 spiro atoms. The number of anilines is 1. The van der Waals surface area contributed by atoms with Crippen molar-refractivity contribution < 1.29 is 22.7 Å². The number of nitrogens with one attached hydrogen (secondary N) is 1. The number of benzene rings is 2. The Labute approximate surface area is 321 Å². The highest BCUT2D eigenvalue weighted by Gasteiger charge is 2.53. The van der Waals surface area contributed by atoms with Gasteiger partial charge in [-0.2, -0.15) is 0 Å². The molecular formula is C42H57ClN4O5S. The van der Waals surface area contributed by atoms with E-state index in [-0.39, 0.29) is 17.3 Å². The number of carbonyl (C=O) groups is 1. The molecule has 3 fully saturated rings. The molecule has 8 atom stereocenters. The van der Waals surface area contributed by atoms with E-state index in [1.54, 1.807) is 13.0 Å². The van der Waals surface area contributed by atoms with Gasteiger partial charge in [0.05, 0.1) is 17.5 Å². The first-order chi connectivity index (χ1) is 25.3. The Balaban J connectivity index is 1.19. The third kappa shape index (κ3) is 6.72. The van der Waals surface area contributed by atoms with E-state index in [0.717, 1.165) is 81.3 Å². The SMILES string of the molecule is CO[C@]1(CN2C[C@H]3C[C@H]2CN3C(C)C)/C=C/C[C@H](C)[C@@H](C)S(=O)(=O)NC(=O)c2ccc3c(c2)N(C[C@@H]2CC[C@H]21)C[C@@]1(CCCc2cc(Cl)ccc21)CO3. The number of halogens is 1. The van der Waals surface area contributed by atoms with Crippen molar-refractivity contribution in [1.29, 1.82) is 0 Å². The van der Waals surface area contributed by atoms with Gasteiger partial charge in [-0.05, 0) is 125 Å². The van der Waals surface area contributed by atoms with E-state index in [1.807, 2.05) is 32.2 Å². The number of methoxy groups -OCH3 is 1. The molecule has 9 nitrogen and oxygen atoms in total. The van der Waals surface area contributed by atoms with Crippen LogP contribution >= 0.6 is 11.6 Å². The lowest BCUT2D eigenvalue weighted by Gasteiger charge is -2.52. The molecular weight excluding hydrogens is 708 g/mol. The molecule has 2 aromatic carbocycles. The second kappa shape index (κ2) is 14.1. The summed E-state index contributed by atoms with van der Waals surface area (Å²) in [6.07, 6.45) is 11.4. The van der Waals surface area contributed by atoms with Crippen LogP contribution in [0.1, 0.15) is 87.7 Å². The van der Waals surface area contributed by atoms with Gasteiger partial charge in [-0.15, -0.1) is 0 Å². The monoisotopic (exact) mass is 764 g/mol. The Morgan fingerprint density at radius 1 is 1.08 bits per heavy atom. The first-order valence-corrected chi connectivity index (χ1v) is 21.8. The number of carbonyl (C=O) groups excluding carboxylic acids is 1. The Bertz CT molecular complexity index is 1870. The van der Waals surface area contributed by atoms with Crippen LogP contribution in [0.15, 0.2) is 48.6 Å². The molecule has 4 bridgehead atoms. The summed E-state index contributed by atoms with van der Waals surface area (Å²) in [5, 5.41) is -0.0171.